The van der Waals surface area contributed by atoms with Crippen molar-refractivity contribution in [1.29, 1.82) is 0 Å². The van der Waals surface area contributed by atoms with Crippen LogP contribution in [0.5, 0.6) is 0 Å². The molecule has 0 aliphatic carbocycles. The van der Waals surface area contributed by atoms with Crippen LogP contribution in [-0.2, 0) is 23.1 Å². The molecule has 10 nitrogen and oxygen atoms in total. The van der Waals surface area contributed by atoms with Crippen LogP contribution in [0, 0.1) is 6.92 Å². The second kappa shape index (κ2) is 5.91. The maximum absolute atomic E-state index is 12.2. The molecule has 2 bridgehead atoms. The van der Waals surface area contributed by atoms with Gasteiger partial charge in [0, 0.05) is 18.9 Å². The average Bonchev–Trinajstić information content (AvgIpc) is 3.03. The normalized spacial score (nSPS) is 34.4. The van der Waals surface area contributed by atoms with Gasteiger partial charge >= 0.3 is 13.5 Å². The van der Waals surface area contributed by atoms with Crippen molar-refractivity contribution in [2.75, 3.05) is 19.5 Å². The zero-order valence-electron chi connectivity index (χ0n) is 13.5. The molecule has 0 saturated carbocycles. The Balaban J connectivity index is 1.98. The second-order valence-corrected chi connectivity index (χ2v) is 7.39. The Labute approximate surface area is 138 Å². The average molecular weight is 361 g/mol. The highest BCUT2D eigenvalue weighted by atomic mass is 31.2. The van der Waals surface area contributed by atoms with E-state index in [1.807, 2.05) is 6.92 Å². The number of ether oxygens (including phenoxy) is 2. The molecule has 2 aliphatic heterocycles. The fourth-order valence-corrected chi connectivity index (χ4v) is 3.74. The Hall–Kier alpha value is -1.29. The number of hydrogen-bond donors (Lipinski definition) is 2. The van der Waals surface area contributed by atoms with Crippen molar-refractivity contribution in [3.63, 3.8) is 0 Å². The molecule has 5 atom stereocenters. The van der Waals surface area contributed by atoms with E-state index in [4.69, 9.17) is 19.7 Å². The van der Waals surface area contributed by atoms with Crippen molar-refractivity contribution in [2.24, 2.45) is 0 Å². The van der Waals surface area contributed by atoms with Gasteiger partial charge in [0.15, 0.2) is 6.23 Å². The Bertz CT molecular complexity index is 754. The maximum atomic E-state index is 12.2. The number of hydrogen-bond acceptors (Lipinski definition) is 8. The summed E-state index contributed by atoms with van der Waals surface area (Å²) < 4.78 is 34.5. The number of aromatic nitrogens is 2. The molecule has 3 unspecified atom stereocenters. The molecule has 2 saturated heterocycles. The lowest BCUT2D eigenvalue weighted by Gasteiger charge is -2.30. The lowest BCUT2D eigenvalue weighted by Crippen LogP contribution is -2.41. The van der Waals surface area contributed by atoms with Crippen molar-refractivity contribution in [2.45, 2.75) is 44.3 Å². The first kappa shape index (κ1) is 17.5. The Morgan fingerprint density at radius 3 is 2.96 bits per heavy atom. The molecule has 24 heavy (non-hydrogen) atoms. The van der Waals surface area contributed by atoms with Gasteiger partial charge in [0.25, 0.3) is 0 Å². The summed E-state index contributed by atoms with van der Waals surface area (Å²) in [6.45, 7) is 3.74. The number of phosphoric acid groups is 1. The molecular formula is C13H20N3O7P. The number of nitrogen functional groups attached to an aromatic ring is 1. The van der Waals surface area contributed by atoms with Crippen LogP contribution in [-0.4, -0.2) is 46.0 Å². The van der Waals surface area contributed by atoms with Crippen LogP contribution >= 0.6 is 7.82 Å². The van der Waals surface area contributed by atoms with E-state index in [-0.39, 0.29) is 12.4 Å². The Morgan fingerprint density at radius 2 is 2.33 bits per heavy atom. The topological polar surface area (TPSA) is 135 Å². The molecule has 1 aromatic rings. The summed E-state index contributed by atoms with van der Waals surface area (Å²) in [4.78, 5) is 25.6. The predicted molar refractivity (Wildman–Crippen MR) is 82.2 cm³/mol. The van der Waals surface area contributed by atoms with Crippen molar-refractivity contribution >= 4 is 13.6 Å². The van der Waals surface area contributed by atoms with Crippen molar-refractivity contribution in [1.82, 2.24) is 9.55 Å². The van der Waals surface area contributed by atoms with Gasteiger partial charge in [-0.05, 0) is 13.3 Å². The van der Waals surface area contributed by atoms with E-state index in [9.17, 15) is 14.3 Å². The van der Waals surface area contributed by atoms with Gasteiger partial charge in [0.2, 0.25) is 0 Å². The largest absolute Gasteiger partial charge is 0.472 e. The highest BCUT2D eigenvalue weighted by molar-refractivity contribution is 7.47. The molecule has 0 radical (unpaired) electrons. The SMILES string of the molecule is CC[C@]12COC(C1OP(=O)(O)OC)[C@H](n1cc(C)c(N)nc1=O)O2. The minimum atomic E-state index is -4.24. The second-order valence-electron chi connectivity index (χ2n) is 5.88. The highest BCUT2D eigenvalue weighted by Gasteiger charge is 2.63. The van der Waals surface area contributed by atoms with Gasteiger partial charge in [-0.1, -0.05) is 6.92 Å². The van der Waals surface area contributed by atoms with Gasteiger partial charge < -0.3 is 20.1 Å². The first-order chi connectivity index (χ1) is 11.2. The molecule has 2 fully saturated rings. The Morgan fingerprint density at radius 1 is 1.62 bits per heavy atom. The first-order valence-electron chi connectivity index (χ1n) is 7.44. The van der Waals surface area contributed by atoms with Crippen LogP contribution in [0.3, 0.4) is 0 Å². The summed E-state index contributed by atoms with van der Waals surface area (Å²) in [5.74, 6) is 0.137. The molecule has 0 spiro atoms. The zero-order valence-corrected chi connectivity index (χ0v) is 14.4. The molecule has 3 N–H and O–H groups in total. The van der Waals surface area contributed by atoms with Gasteiger partial charge in [-0.25, -0.2) is 9.36 Å². The number of phosphoric ester groups is 1. The summed E-state index contributed by atoms with van der Waals surface area (Å²) in [6, 6.07) is 0. The molecule has 2 aliphatic rings. The van der Waals surface area contributed by atoms with Crippen LogP contribution < -0.4 is 11.4 Å². The molecule has 0 amide bonds. The van der Waals surface area contributed by atoms with Crippen LogP contribution in [0.2, 0.25) is 0 Å². The fraction of sp³-hybridized carbons (Fsp3) is 0.692. The van der Waals surface area contributed by atoms with E-state index in [0.717, 1.165) is 7.11 Å². The molecule has 1 aromatic heterocycles. The zero-order chi connectivity index (χ0) is 17.7. The van der Waals surface area contributed by atoms with Crippen molar-refractivity contribution in [3.05, 3.63) is 22.2 Å². The minimum Gasteiger partial charge on any atom is -0.383 e. The molecule has 3 heterocycles. The molecule has 11 heteroatoms. The number of nitrogens with zero attached hydrogens (tertiary/aromatic N) is 2. The summed E-state index contributed by atoms with van der Waals surface area (Å²) >= 11 is 0. The predicted octanol–water partition coefficient (Wildman–Crippen LogP) is 0.342. The van der Waals surface area contributed by atoms with Crippen LogP contribution in [0.4, 0.5) is 5.82 Å². The summed E-state index contributed by atoms with van der Waals surface area (Å²) in [6.07, 6.45) is -0.449. The Kier molecular flexibility index (Phi) is 4.31. The smallest absolute Gasteiger partial charge is 0.383 e. The standard InChI is InChI=1S/C13H20N3O7P/c1-4-13-6-21-8(9(13)23-24(18,19)20-3)11(22-13)16-5-7(2)10(14)15-12(16)17/h5,8-9,11H,4,6H2,1-3H3,(H,18,19)(H2,14,15,17)/t8?,9?,11-,13+/m1/s1. The third-order valence-electron chi connectivity index (χ3n) is 4.50. The molecular weight excluding hydrogens is 341 g/mol. The third-order valence-corrected chi connectivity index (χ3v) is 5.45. The van der Waals surface area contributed by atoms with E-state index in [0.29, 0.717) is 12.0 Å². The fourth-order valence-electron chi connectivity index (χ4n) is 3.05. The summed E-state index contributed by atoms with van der Waals surface area (Å²) in [5, 5.41) is 0. The number of fused-ring (bicyclic) bond motifs is 2. The van der Waals surface area contributed by atoms with Crippen molar-refractivity contribution in [3.8, 4) is 0 Å². The van der Waals surface area contributed by atoms with E-state index in [1.165, 1.54) is 10.8 Å². The van der Waals surface area contributed by atoms with E-state index < -0.39 is 37.5 Å². The molecule has 0 aromatic carbocycles. The van der Waals surface area contributed by atoms with Gasteiger partial charge in [-0.2, -0.15) is 4.98 Å². The van der Waals surface area contributed by atoms with Gasteiger partial charge in [0.1, 0.15) is 23.6 Å². The van der Waals surface area contributed by atoms with E-state index in [2.05, 4.69) is 9.51 Å². The van der Waals surface area contributed by atoms with Crippen molar-refractivity contribution < 1.29 is 28.0 Å². The van der Waals surface area contributed by atoms with E-state index in [1.54, 1.807) is 6.92 Å². The highest BCUT2D eigenvalue weighted by Crippen LogP contribution is 2.54. The van der Waals surface area contributed by atoms with Crippen LogP contribution in [0.1, 0.15) is 25.1 Å². The lowest BCUT2D eigenvalue weighted by atomic mass is 9.96. The number of anilines is 1. The van der Waals surface area contributed by atoms with Gasteiger partial charge in [0.05, 0.1) is 6.61 Å². The monoisotopic (exact) mass is 361 g/mol. The van der Waals surface area contributed by atoms with Crippen LogP contribution in [0.15, 0.2) is 11.0 Å². The first-order valence-corrected chi connectivity index (χ1v) is 8.94. The number of rotatable bonds is 5. The lowest BCUT2D eigenvalue weighted by molar-refractivity contribution is -0.175. The maximum Gasteiger partial charge on any atom is 0.472 e. The van der Waals surface area contributed by atoms with Crippen LogP contribution in [0.25, 0.3) is 0 Å². The van der Waals surface area contributed by atoms with Gasteiger partial charge in [-0.15, -0.1) is 0 Å². The molecule has 3 rings (SSSR count). The minimum absolute atomic E-state index is 0.137. The van der Waals surface area contributed by atoms with Gasteiger partial charge in [-0.3, -0.25) is 13.6 Å². The summed E-state index contributed by atoms with van der Waals surface area (Å²) in [5.41, 5.74) is 4.70. The third kappa shape index (κ3) is 2.69. The summed E-state index contributed by atoms with van der Waals surface area (Å²) in [7, 11) is -3.17. The number of aryl methyl sites for hydroxylation is 1. The molecule has 134 valence electrons. The van der Waals surface area contributed by atoms with E-state index >= 15 is 0 Å². The number of nitrogens with two attached hydrogens (primary N) is 1. The quantitative estimate of drug-likeness (QED) is 0.712.